The number of carbonyl (C=O) groups excluding carboxylic acids is 1. The average molecular weight is 291 g/mol. The zero-order valence-electron chi connectivity index (χ0n) is 10.9. The number of rotatable bonds is 4. The predicted octanol–water partition coefficient (Wildman–Crippen LogP) is 2.96. The van der Waals surface area contributed by atoms with Gasteiger partial charge in [-0.3, -0.25) is 10.1 Å². The molecule has 21 heavy (non-hydrogen) atoms. The van der Waals surface area contributed by atoms with Gasteiger partial charge in [-0.2, -0.15) is 0 Å². The maximum atomic E-state index is 13.5. The molecule has 0 radical (unpaired) electrons. The molecule has 0 saturated heterocycles. The summed E-state index contributed by atoms with van der Waals surface area (Å²) in [5.41, 5.74) is -0.748. The fraction of sp³-hybridized carbons (Fsp3) is 0.0714. The van der Waals surface area contributed by atoms with Crippen LogP contribution in [-0.2, 0) is 0 Å². The van der Waals surface area contributed by atoms with E-state index in [1.165, 1.54) is 37.4 Å². The second kappa shape index (κ2) is 6.00. The largest absolute Gasteiger partial charge is 0.496 e. The van der Waals surface area contributed by atoms with Crippen molar-refractivity contribution in [3.63, 3.8) is 0 Å². The molecule has 0 amide bonds. The highest BCUT2D eigenvalue weighted by Gasteiger charge is 2.21. The van der Waals surface area contributed by atoms with Crippen molar-refractivity contribution in [2.45, 2.75) is 0 Å². The van der Waals surface area contributed by atoms with Gasteiger partial charge in [-0.15, -0.1) is 0 Å². The topological polar surface area (TPSA) is 78.7 Å². The normalized spacial score (nSPS) is 10.0. The summed E-state index contributed by atoms with van der Waals surface area (Å²) in [7, 11) is 1.35. The van der Waals surface area contributed by atoms with Crippen LogP contribution in [0.5, 0.6) is 11.5 Å². The number of hydrogen-bond acceptors (Lipinski definition) is 5. The summed E-state index contributed by atoms with van der Waals surface area (Å²) in [5.74, 6) is -1.82. The first-order chi connectivity index (χ1) is 10.0. The van der Waals surface area contributed by atoms with Crippen molar-refractivity contribution in [2.24, 2.45) is 0 Å². The Hall–Kier alpha value is -2.96. The van der Waals surface area contributed by atoms with Gasteiger partial charge in [0.05, 0.1) is 23.7 Å². The second-order valence-electron chi connectivity index (χ2n) is 3.96. The van der Waals surface area contributed by atoms with Crippen LogP contribution in [0.4, 0.5) is 10.1 Å². The number of ether oxygens (including phenoxy) is 2. The highest BCUT2D eigenvalue weighted by Crippen LogP contribution is 2.31. The van der Waals surface area contributed by atoms with Gasteiger partial charge in [-0.25, -0.2) is 9.18 Å². The summed E-state index contributed by atoms with van der Waals surface area (Å²) in [6, 6.07) is 8.94. The van der Waals surface area contributed by atoms with Crippen LogP contribution >= 0.6 is 0 Å². The number of benzene rings is 2. The molecule has 0 N–H and O–H groups in total. The van der Waals surface area contributed by atoms with Crippen molar-refractivity contribution >= 4 is 11.7 Å². The Morgan fingerprint density at radius 3 is 2.57 bits per heavy atom. The van der Waals surface area contributed by atoms with E-state index in [9.17, 15) is 19.3 Å². The molecule has 0 saturated carbocycles. The van der Waals surface area contributed by atoms with E-state index in [2.05, 4.69) is 0 Å². The molecular weight excluding hydrogens is 281 g/mol. The first kappa shape index (κ1) is 14.4. The fourth-order valence-corrected chi connectivity index (χ4v) is 1.63. The van der Waals surface area contributed by atoms with Crippen molar-refractivity contribution in [1.29, 1.82) is 0 Å². The van der Waals surface area contributed by atoms with Gasteiger partial charge >= 0.3 is 11.7 Å². The van der Waals surface area contributed by atoms with Crippen LogP contribution < -0.4 is 9.47 Å². The lowest BCUT2D eigenvalue weighted by atomic mass is 10.2. The van der Waals surface area contributed by atoms with Crippen molar-refractivity contribution in [2.75, 3.05) is 7.11 Å². The van der Waals surface area contributed by atoms with E-state index in [-0.39, 0.29) is 17.1 Å². The van der Waals surface area contributed by atoms with Crippen molar-refractivity contribution < 1.29 is 23.6 Å². The molecule has 0 aliphatic rings. The van der Waals surface area contributed by atoms with Gasteiger partial charge in [-0.05, 0) is 24.3 Å². The first-order valence-electron chi connectivity index (χ1n) is 5.82. The predicted molar refractivity (Wildman–Crippen MR) is 71.0 cm³/mol. The van der Waals surface area contributed by atoms with Gasteiger partial charge in [0.15, 0.2) is 0 Å². The molecule has 7 heteroatoms. The Labute approximate surface area is 118 Å². The molecule has 0 aliphatic carbocycles. The van der Waals surface area contributed by atoms with Gasteiger partial charge in [0.25, 0.3) is 0 Å². The minimum atomic E-state index is -1.01. The quantitative estimate of drug-likeness (QED) is 0.374. The van der Waals surface area contributed by atoms with Crippen molar-refractivity contribution in [3.05, 3.63) is 64.0 Å². The molecular formula is C14H10FNO5. The molecule has 0 fully saturated rings. The van der Waals surface area contributed by atoms with E-state index in [4.69, 9.17) is 9.47 Å². The van der Waals surface area contributed by atoms with Gasteiger partial charge in [0, 0.05) is 0 Å². The third-order valence-corrected chi connectivity index (χ3v) is 2.66. The number of esters is 1. The Balaban J connectivity index is 2.33. The average Bonchev–Trinajstić information content (AvgIpc) is 2.47. The second-order valence-corrected chi connectivity index (χ2v) is 3.96. The lowest BCUT2D eigenvalue weighted by molar-refractivity contribution is -0.385. The van der Waals surface area contributed by atoms with E-state index in [1.54, 1.807) is 0 Å². The monoisotopic (exact) mass is 291 g/mol. The standard InChI is InChI=1S/C14H10FNO5/c1-20-9-6-7-13(12(8-9)16(18)19)21-14(17)10-4-2-3-5-11(10)15/h2-8H,1H3. The molecule has 2 aromatic carbocycles. The molecule has 0 unspecified atom stereocenters. The van der Waals surface area contributed by atoms with E-state index in [1.807, 2.05) is 0 Å². The molecule has 0 aromatic heterocycles. The van der Waals surface area contributed by atoms with Gasteiger partial charge in [0.1, 0.15) is 11.6 Å². The van der Waals surface area contributed by atoms with Crippen LogP contribution in [0.1, 0.15) is 10.4 Å². The number of methoxy groups -OCH3 is 1. The van der Waals surface area contributed by atoms with Crippen LogP contribution in [0.2, 0.25) is 0 Å². The Kier molecular flexibility index (Phi) is 4.13. The van der Waals surface area contributed by atoms with Gasteiger partial charge < -0.3 is 9.47 Å². The fourth-order valence-electron chi connectivity index (χ4n) is 1.63. The van der Waals surface area contributed by atoms with E-state index in [0.717, 1.165) is 12.1 Å². The lowest BCUT2D eigenvalue weighted by Crippen LogP contribution is -2.11. The third-order valence-electron chi connectivity index (χ3n) is 2.66. The summed E-state index contributed by atoms with van der Waals surface area (Å²) in [6.45, 7) is 0. The zero-order chi connectivity index (χ0) is 15.4. The minimum absolute atomic E-state index is 0.243. The number of nitro groups is 1. The maximum Gasteiger partial charge on any atom is 0.346 e. The summed E-state index contributed by atoms with van der Waals surface area (Å²) in [6.07, 6.45) is 0. The molecule has 0 bridgehead atoms. The Morgan fingerprint density at radius 2 is 1.95 bits per heavy atom. The number of nitrogens with zero attached hydrogens (tertiary/aromatic N) is 1. The summed E-state index contributed by atoms with van der Waals surface area (Å²) in [5, 5.41) is 11.0. The van der Waals surface area contributed by atoms with Crippen LogP contribution in [-0.4, -0.2) is 18.0 Å². The molecule has 0 spiro atoms. The first-order valence-corrected chi connectivity index (χ1v) is 5.82. The van der Waals surface area contributed by atoms with Crippen LogP contribution in [0, 0.1) is 15.9 Å². The molecule has 108 valence electrons. The van der Waals surface area contributed by atoms with Crippen molar-refractivity contribution in [3.8, 4) is 11.5 Å². The number of nitro benzene ring substituents is 1. The summed E-state index contributed by atoms with van der Waals surface area (Å²) in [4.78, 5) is 22.1. The van der Waals surface area contributed by atoms with Crippen LogP contribution in [0.3, 0.4) is 0 Å². The molecule has 2 rings (SSSR count). The van der Waals surface area contributed by atoms with E-state index >= 15 is 0 Å². The molecule has 2 aromatic rings. The maximum absolute atomic E-state index is 13.5. The Morgan fingerprint density at radius 1 is 1.24 bits per heavy atom. The third kappa shape index (κ3) is 3.14. The van der Waals surface area contributed by atoms with Crippen molar-refractivity contribution in [1.82, 2.24) is 0 Å². The molecule has 0 heterocycles. The van der Waals surface area contributed by atoms with Gasteiger partial charge in [0.2, 0.25) is 5.75 Å². The van der Waals surface area contributed by atoms with E-state index in [0.29, 0.717) is 0 Å². The van der Waals surface area contributed by atoms with Crippen LogP contribution in [0.25, 0.3) is 0 Å². The molecule has 0 atom stereocenters. The van der Waals surface area contributed by atoms with Crippen LogP contribution in [0.15, 0.2) is 42.5 Å². The number of carbonyl (C=O) groups is 1. The Bertz CT molecular complexity index is 702. The minimum Gasteiger partial charge on any atom is -0.496 e. The summed E-state index contributed by atoms with van der Waals surface area (Å²) >= 11 is 0. The molecule has 0 aliphatic heterocycles. The SMILES string of the molecule is COc1ccc(OC(=O)c2ccccc2F)c([N+](=O)[O-])c1. The highest BCUT2D eigenvalue weighted by atomic mass is 19.1. The van der Waals surface area contributed by atoms with Gasteiger partial charge in [-0.1, -0.05) is 12.1 Å². The molecule has 6 nitrogen and oxygen atoms in total. The highest BCUT2D eigenvalue weighted by molar-refractivity contribution is 5.91. The van der Waals surface area contributed by atoms with E-state index < -0.39 is 22.4 Å². The number of halogens is 1. The number of hydrogen-bond donors (Lipinski definition) is 0. The summed E-state index contributed by atoms with van der Waals surface area (Å²) < 4.78 is 23.2. The lowest BCUT2D eigenvalue weighted by Gasteiger charge is -2.07. The zero-order valence-corrected chi connectivity index (χ0v) is 10.9. The smallest absolute Gasteiger partial charge is 0.346 e.